The number of halogens is 3. The summed E-state index contributed by atoms with van der Waals surface area (Å²) in [5.41, 5.74) is -0.484. The van der Waals surface area contributed by atoms with Crippen LogP contribution in [0.25, 0.3) is 0 Å². The van der Waals surface area contributed by atoms with E-state index in [1.54, 1.807) is 6.92 Å². The number of amides is 1. The smallest absolute Gasteiger partial charge is 0.348 e. The van der Waals surface area contributed by atoms with Gasteiger partial charge < -0.3 is 5.32 Å². The van der Waals surface area contributed by atoms with E-state index in [1.165, 1.54) is 12.1 Å². The molecular formula is C15H19F3N2O3S. The summed E-state index contributed by atoms with van der Waals surface area (Å²) in [5.74, 6) is -0.497. The number of nitrogens with one attached hydrogen (secondary N) is 1. The van der Waals surface area contributed by atoms with Gasteiger partial charge in [0.05, 0.1) is 17.9 Å². The molecule has 2 rings (SSSR count). The summed E-state index contributed by atoms with van der Waals surface area (Å²) in [6, 6.07) is 3.23. The van der Waals surface area contributed by atoms with Gasteiger partial charge in [0.15, 0.2) is 0 Å². The Bertz CT molecular complexity index is 719. The van der Waals surface area contributed by atoms with E-state index in [4.69, 9.17) is 0 Å². The van der Waals surface area contributed by atoms with Gasteiger partial charge in [-0.2, -0.15) is 17.5 Å². The second-order valence-electron chi connectivity index (χ2n) is 5.89. The summed E-state index contributed by atoms with van der Waals surface area (Å²) in [7, 11) is -3.50. The van der Waals surface area contributed by atoms with E-state index in [-0.39, 0.29) is 6.54 Å². The molecule has 1 N–H and O–H groups in total. The Labute approximate surface area is 138 Å². The Morgan fingerprint density at radius 3 is 2.62 bits per heavy atom. The molecule has 1 aromatic carbocycles. The maximum Gasteiger partial charge on any atom is 0.416 e. The molecule has 9 heteroatoms. The molecule has 134 valence electrons. The number of carbonyl (C=O) groups is 1. The first-order chi connectivity index (χ1) is 11.0. The Hall–Kier alpha value is -1.61. The lowest BCUT2D eigenvalue weighted by atomic mass is 10.0. The summed E-state index contributed by atoms with van der Waals surface area (Å²) < 4.78 is 62.8. The topological polar surface area (TPSA) is 66.5 Å². The number of nitrogens with zero attached hydrogens (tertiary/aromatic N) is 1. The number of hydrogen-bond donors (Lipinski definition) is 1. The van der Waals surface area contributed by atoms with Crippen molar-refractivity contribution in [1.29, 1.82) is 0 Å². The van der Waals surface area contributed by atoms with Gasteiger partial charge in [-0.05, 0) is 37.5 Å². The van der Waals surface area contributed by atoms with Gasteiger partial charge in [-0.25, -0.2) is 8.42 Å². The van der Waals surface area contributed by atoms with Crippen LogP contribution in [-0.4, -0.2) is 37.5 Å². The average molecular weight is 364 g/mol. The van der Waals surface area contributed by atoms with Gasteiger partial charge in [-0.3, -0.25) is 4.79 Å². The fourth-order valence-corrected chi connectivity index (χ4v) is 3.90. The zero-order valence-corrected chi connectivity index (χ0v) is 14.1. The maximum absolute atomic E-state index is 12.8. The Morgan fingerprint density at radius 1 is 1.38 bits per heavy atom. The Balaban J connectivity index is 2.12. The normalized spacial score (nSPS) is 20.8. The van der Waals surface area contributed by atoms with Crippen LogP contribution in [0.5, 0.6) is 0 Å². The SMILES string of the molecule is C[C@H](NC(=O)[C@@H]1CCCN1S(C)(=O)=O)c1cccc(C(F)(F)F)c1. The van der Waals surface area contributed by atoms with E-state index in [0.717, 1.165) is 22.7 Å². The monoisotopic (exact) mass is 364 g/mol. The molecule has 0 spiro atoms. The molecule has 5 nitrogen and oxygen atoms in total. The summed E-state index contributed by atoms with van der Waals surface area (Å²) >= 11 is 0. The van der Waals surface area contributed by atoms with Crippen LogP contribution in [0.15, 0.2) is 24.3 Å². The molecule has 0 unspecified atom stereocenters. The second-order valence-corrected chi connectivity index (χ2v) is 7.82. The highest BCUT2D eigenvalue weighted by Gasteiger charge is 2.37. The molecule has 1 amide bonds. The van der Waals surface area contributed by atoms with Crippen molar-refractivity contribution in [2.24, 2.45) is 0 Å². The van der Waals surface area contributed by atoms with Crippen molar-refractivity contribution < 1.29 is 26.4 Å². The van der Waals surface area contributed by atoms with Gasteiger partial charge in [-0.15, -0.1) is 0 Å². The van der Waals surface area contributed by atoms with E-state index < -0.39 is 39.8 Å². The minimum absolute atomic E-state index is 0.273. The third-order valence-corrected chi connectivity index (χ3v) is 5.29. The van der Waals surface area contributed by atoms with E-state index in [0.29, 0.717) is 18.4 Å². The van der Waals surface area contributed by atoms with Crippen molar-refractivity contribution in [3.8, 4) is 0 Å². The predicted octanol–water partition coefficient (Wildman–Crippen LogP) is 2.31. The number of alkyl halides is 3. The van der Waals surface area contributed by atoms with Gasteiger partial charge in [0.2, 0.25) is 15.9 Å². The van der Waals surface area contributed by atoms with Crippen LogP contribution < -0.4 is 5.32 Å². The molecule has 0 aliphatic carbocycles. The average Bonchev–Trinajstić information content (AvgIpc) is 2.96. The summed E-state index contributed by atoms with van der Waals surface area (Å²) in [6.45, 7) is 1.84. The van der Waals surface area contributed by atoms with E-state index in [9.17, 15) is 26.4 Å². The molecule has 0 bridgehead atoms. The van der Waals surface area contributed by atoms with Crippen LogP contribution in [-0.2, 0) is 21.0 Å². The van der Waals surface area contributed by atoms with E-state index >= 15 is 0 Å². The van der Waals surface area contributed by atoms with Gasteiger partial charge in [0, 0.05) is 6.54 Å². The van der Waals surface area contributed by atoms with Crippen LogP contribution in [0.1, 0.15) is 36.9 Å². The second kappa shape index (κ2) is 6.72. The summed E-state index contributed by atoms with van der Waals surface area (Å²) in [5, 5.41) is 2.61. The van der Waals surface area contributed by atoms with Crippen molar-refractivity contribution in [3.05, 3.63) is 35.4 Å². The molecule has 1 aliphatic heterocycles. The minimum atomic E-state index is -4.46. The number of rotatable bonds is 4. The fourth-order valence-electron chi connectivity index (χ4n) is 2.78. The van der Waals surface area contributed by atoms with Gasteiger partial charge in [0.25, 0.3) is 0 Å². The quantitative estimate of drug-likeness (QED) is 0.892. The van der Waals surface area contributed by atoms with E-state index in [2.05, 4.69) is 5.32 Å². The largest absolute Gasteiger partial charge is 0.416 e. The number of sulfonamides is 1. The van der Waals surface area contributed by atoms with Crippen LogP contribution >= 0.6 is 0 Å². The maximum atomic E-state index is 12.8. The molecule has 0 aromatic heterocycles. The Morgan fingerprint density at radius 2 is 2.04 bits per heavy atom. The number of benzene rings is 1. The third-order valence-electron chi connectivity index (χ3n) is 4.01. The fraction of sp³-hybridized carbons (Fsp3) is 0.533. The molecule has 1 fully saturated rings. The van der Waals surface area contributed by atoms with Crippen LogP contribution in [0, 0.1) is 0 Å². The van der Waals surface area contributed by atoms with Gasteiger partial charge in [-0.1, -0.05) is 12.1 Å². The van der Waals surface area contributed by atoms with Crippen molar-refractivity contribution in [1.82, 2.24) is 9.62 Å². The molecule has 1 saturated heterocycles. The third kappa shape index (κ3) is 4.27. The lowest BCUT2D eigenvalue weighted by molar-refractivity contribution is -0.137. The summed E-state index contributed by atoms with van der Waals surface area (Å²) in [4.78, 5) is 12.3. The zero-order valence-electron chi connectivity index (χ0n) is 13.3. The highest BCUT2D eigenvalue weighted by Crippen LogP contribution is 2.31. The first kappa shape index (κ1) is 18.7. The molecular weight excluding hydrogens is 345 g/mol. The predicted molar refractivity (Wildman–Crippen MR) is 82.6 cm³/mol. The molecule has 1 aromatic rings. The molecule has 24 heavy (non-hydrogen) atoms. The van der Waals surface area contributed by atoms with Gasteiger partial charge in [0.1, 0.15) is 6.04 Å². The number of carbonyl (C=O) groups excluding carboxylic acids is 1. The minimum Gasteiger partial charge on any atom is -0.348 e. The van der Waals surface area contributed by atoms with Crippen molar-refractivity contribution in [3.63, 3.8) is 0 Å². The van der Waals surface area contributed by atoms with Crippen LogP contribution in [0.4, 0.5) is 13.2 Å². The first-order valence-corrected chi connectivity index (χ1v) is 9.29. The van der Waals surface area contributed by atoms with E-state index in [1.807, 2.05) is 0 Å². The molecule has 2 atom stereocenters. The lowest BCUT2D eigenvalue weighted by Gasteiger charge is -2.24. The molecule has 1 aliphatic rings. The Kier molecular flexibility index (Phi) is 5.24. The van der Waals surface area contributed by atoms with Crippen molar-refractivity contribution >= 4 is 15.9 Å². The van der Waals surface area contributed by atoms with Crippen molar-refractivity contribution in [2.75, 3.05) is 12.8 Å². The molecule has 0 saturated carbocycles. The molecule has 0 radical (unpaired) electrons. The standard InChI is InChI=1S/C15H19F3N2O3S/c1-10(11-5-3-6-12(9-11)15(16,17)18)19-14(21)13-7-4-8-20(13)24(2,22)23/h3,5-6,9-10,13H,4,7-8H2,1-2H3,(H,19,21)/t10-,13-/m0/s1. The highest BCUT2D eigenvalue weighted by atomic mass is 32.2. The van der Waals surface area contributed by atoms with Gasteiger partial charge >= 0.3 is 6.18 Å². The lowest BCUT2D eigenvalue weighted by Crippen LogP contribution is -2.46. The highest BCUT2D eigenvalue weighted by molar-refractivity contribution is 7.88. The molecule has 1 heterocycles. The van der Waals surface area contributed by atoms with Crippen molar-refractivity contribution in [2.45, 2.75) is 38.0 Å². The zero-order chi connectivity index (χ0) is 18.1. The van der Waals surface area contributed by atoms with Crippen LogP contribution in [0.3, 0.4) is 0 Å². The van der Waals surface area contributed by atoms with Crippen LogP contribution in [0.2, 0.25) is 0 Å². The number of hydrogen-bond acceptors (Lipinski definition) is 3. The summed E-state index contributed by atoms with van der Waals surface area (Å²) in [6.07, 6.45) is -2.45. The first-order valence-electron chi connectivity index (χ1n) is 7.44.